The van der Waals surface area contributed by atoms with Crippen molar-refractivity contribution in [2.45, 2.75) is 39.3 Å². The summed E-state index contributed by atoms with van der Waals surface area (Å²) >= 11 is 0. The molecule has 6 nitrogen and oxygen atoms in total. The van der Waals surface area contributed by atoms with E-state index in [1.54, 1.807) is 0 Å². The highest BCUT2D eigenvalue weighted by Crippen LogP contribution is 2.25. The number of nitrogens with zero attached hydrogens (tertiary/aromatic N) is 3. The maximum absolute atomic E-state index is 11.3. The van der Waals surface area contributed by atoms with Crippen LogP contribution in [-0.4, -0.2) is 38.9 Å². The van der Waals surface area contributed by atoms with Gasteiger partial charge >= 0.3 is 5.97 Å². The lowest BCUT2D eigenvalue weighted by molar-refractivity contribution is -0.147. The molecule has 2 heterocycles. The summed E-state index contributed by atoms with van der Waals surface area (Å²) in [6.45, 7) is 5.08. The lowest BCUT2D eigenvalue weighted by atomic mass is 9.90. The molecule has 94 valence electrons. The average Bonchev–Trinajstić information content (AvgIpc) is 2.64. The smallest absolute Gasteiger partial charge is 0.321 e. The van der Waals surface area contributed by atoms with Crippen molar-refractivity contribution in [3.05, 3.63) is 11.4 Å². The van der Waals surface area contributed by atoms with Crippen LogP contribution in [0.4, 0.5) is 0 Å². The maximum Gasteiger partial charge on any atom is 0.321 e. The summed E-state index contributed by atoms with van der Waals surface area (Å²) in [4.78, 5) is 13.2. The summed E-state index contributed by atoms with van der Waals surface area (Å²) in [6.07, 6.45) is 1.98. The first-order valence-corrected chi connectivity index (χ1v) is 5.84. The number of aryl methyl sites for hydroxylation is 1. The van der Waals surface area contributed by atoms with Gasteiger partial charge in [0, 0.05) is 6.54 Å². The molecule has 1 aromatic heterocycles. The van der Waals surface area contributed by atoms with Gasteiger partial charge in [0.25, 0.3) is 0 Å². The van der Waals surface area contributed by atoms with E-state index in [1.165, 1.54) is 0 Å². The number of carbonyl (C=O) groups is 1. The zero-order valence-electron chi connectivity index (χ0n) is 10.1. The highest BCUT2D eigenvalue weighted by Gasteiger charge is 2.34. The van der Waals surface area contributed by atoms with Crippen LogP contribution in [0.5, 0.6) is 0 Å². The van der Waals surface area contributed by atoms with E-state index in [4.69, 9.17) is 0 Å². The summed E-state index contributed by atoms with van der Waals surface area (Å²) in [5.41, 5.74) is 1.46. The fourth-order valence-corrected chi connectivity index (χ4v) is 2.44. The molecule has 0 saturated carbocycles. The van der Waals surface area contributed by atoms with Crippen LogP contribution >= 0.6 is 0 Å². The molecule has 1 aliphatic heterocycles. The molecular weight excluding hydrogens is 222 g/mol. The molecule has 2 rings (SSSR count). The van der Waals surface area contributed by atoms with Gasteiger partial charge in [0.15, 0.2) is 0 Å². The van der Waals surface area contributed by atoms with Crippen molar-refractivity contribution in [2.24, 2.45) is 5.92 Å². The van der Waals surface area contributed by atoms with Gasteiger partial charge in [0.2, 0.25) is 0 Å². The van der Waals surface area contributed by atoms with Crippen LogP contribution in [0.3, 0.4) is 0 Å². The van der Waals surface area contributed by atoms with Crippen molar-refractivity contribution in [2.75, 3.05) is 6.54 Å². The minimum absolute atomic E-state index is 0.168. The number of carboxylic acids is 1. The van der Waals surface area contributed by atoms with E-state index in [1.807, 2.05) is 18.7 Å². The number of aliphatic carboxylic acids is 1. The Morgan fingerprint density at radius 2 is 2.35 bits per heavy atom. The molecule has 0 radical (unpaired) electrons. The summed E-state index contributed by atoms with van der Waals surface area (Å²) in [5.74, 6) is -0.590. The van der Waals surface area contributed by atoms with E-state index >= 15 is 0 Å². The van der Waals surface area contributed by atoms with Gasteiger partial charge in [0.1, 0.15) is 17.4 Å². The minimum Gasteiger partial charge on any atom is -0.480 e. The van der Waals surface area contributed by atoms with Crippen LogP contribution in [0, 0.1) is 12.8 Å². The Morgan fingerprint density at radius 3 is 2.94 bits per heavy atom. The van der Waals surface area contributed by atoms with E-state index in [9.17, 15) is 9.90 Å². The van der Waals surface area contributed by atoms with Gasteiger partial charge in [-0.1, -0.05) is 17.2 Å². The van der Waals surface area contributed by atoms with Crippen molar-refractivity contribution in [1.82, 2.24) is 15.2 Å². The molecule has 0 aromatic carbocycles. The normalized spacial score (nSPS) is 26.0. The quantitative estimate of drug-likeness (QED) is 0.849. The zero-order valence-corrected chi connectivity index (χ0v) is 10.1. The van der Waals surface area contributed by atoms with E-state index in [0.29, 0.717) is 6.54 Å². The number of hydrogen-bond acceptors (Lipinski definition) is 5. The second-order valence-corrected chi connectivity index (χ2v) is 4.67. The molecule has 2 unspecified atom stereocenters. The van der Waals surface area contributed by atoms with Crippen LogP contribution in [0.15, 0.2) is 4.63 Å². The average molecular weight is 239 g/mol. The van der Waals surface area contributed by atoms with Crippen LogP contribution in [0.1, 0.15) is 31.2 Å². The minimum atomic E-state index is -0.758. The Balaban J connectivity index is 2.12. The van der Waals surface area contributed by atoms with Crippen LogP contribution in [0.2, 0.25) is 0 Å². The summed E-state index contributed by atoms with van der Waals surface area (Å²) in [5, 5.41) is 16.8. The largest absolute Gasteiger partial charge is 0.480 e. The first kappa shape index (κ1) is 12.0. The van der Waals surface area contributed by atoms with Gasteiger partial charge < -0.3 is 5.11 Å². The number of aromatic nitrogens is 2. The molecule has 1 N–H and O–H groups in total. The van der Waals surface area contributed by atoms with Gasteiger partial charge in [-0.2, -0.15) is 0 Å². The highest BCUT2D eigenvalue weighted by molar-refractivity contribution is 5.74. The molecule has 1 aliphatic rings. The Hall–Kier alpha value is -1.43. The standard InChI is InChI=1S/C11H17N3O3/c1-7-4-3-5-14(10(7)11(15)16)6-9-8(2)12-17-13-9/h7,10H,3-6H2,1-2H3,(H,15,16). The molecule has 2 atom stereocenters. The lowest BCUT2D eigenvalue weighted by Gasteiger charge is -2.36. The number of hydrogen-bond donors (Lipinski definition) is 1. The van der Waals surface area contributed by atoms with Gasteiger partial charge in [-0.15, -0.1) is 0 Å². The Bertz CT molecular complexity index is 404. The fraction of sp³-hybridized carbons (Fsp3) is 0.727. The molecule has 0 spiro atoms. The van der Waals surface area contributed by atoms with Crippen molar-refractivity contribution >= 4 is 5.97 Å². The monoisotopic (exact) mass is 239 g/mol. The van der Waals surface area contributed by atoms with Crippen LogP contribution < -0.4 is 0 Å². The Kier molecular flexibility index (Phi) is 3.42. The van der Waals surface area contributed by atoms with E-state index in [2.05, 4.69) is 14.9 Å². The lowest BCUT2D eigenvalue weighted by Crippen LogP contribution is -2.48. The fourth-order valence-electron chi connectivity index (χ4n) is 2.44. The number of carboxylic acid groups (broad SMARTS) is 1. The number of rotatable bonds is 3. The Morgan fingerprint density at radius 1 is 1.59 bits per heavy atom. The van der Waals surface area contributed by atoms with Crippen molar-refractivity contribution < 1.29 is 14.5 Å². The van der Waals surface area contributed by atoms with E-state index < -0.39 is 12.0 Å². The predicted octanol–water partition coefficient (Wildman–Crippen LogP) is 1.06. The van der Waals surface area contributed by atoms with Gasteiger partial charge in [0.05, 0.1) is 0 Å². The Labute approximate surface area is 99.6 Å². The third-order valence-electron chi connectivity index (χ3n) is 3.39. The SMILES string of the molecule is Cc1nonc1CN1CCCC(C)C1C(=O)O. The highest BCUT2D eigenvalue weighted by atomic mass is 16.6. The second kappa shape index (κ2) is 4.83. The second-order valence-electron chi connectivity index (χ2n) is 4.67. The van der Waals surface area contributed by atoms with Gasteiger partial charge in [-0.05, 0) is 32.2 Å². The molecule has 0 bridgehead atoms. The first-order valence-electron chi connectivity index (χ1n) is 5.84. The van der Waals surface area contributed by atoms with E-state index in [0.717, 1.165) is 30.8 Å². The van der Waals surface area contributed by atoms with Crippen molar-refractivity contribution in [1.29, 1.82) is 0 Å². The van der Waals surface area contributed by atoms with Gasteiger partial charge in [-0.3, -0.25) is 9.69 Å². The molecule has 17 heavy (non-hydrogen) atoms. The van der Waals surface area contributed by atoms with Crippen molar-refractivity contribution in [3.63, 3.8) is 0 Å². The van der Waals surface area contributed by atoms with Gasteiger partial charge in [-0.25, -0.2) is 4.63 Å². The molecule has 1 saturated heterocycles. The summed E-state index contributed by atoms with van der Waals surface area (Å²) in [7, 11) is 0. The molecular formula is C11H17N3O3. The van der Waals surface area contributed by atoms with Crippen LogP contribution in [0.25, 0.3) is 0 Å². The summed E-state index contributed by atoms with van der Waals surface area (Å²) < 4.78 is 4.64. The number of likely N-dealkylation sites (tertiary alicyclic amines) is 1. The van der Waals surface area contributed by atoms with Crippen molar-refractivity contribution in [3.8, 4) is 0 Å². The first-order chi connectivity index (χ1) is 8.09. The van der Waals surface area contributed by atoms with E-state index in [-0.39, 0.29) is 5.92 Å². The topological polar surface area (TPSA) is 79.5 Å². The third kappa shape index (κ3) is 2.46. The molecule has 0 amide bonds. The molecule has 1 aromatic rings. The third-order valence-corrected chi connectivity index (χ3v) is 3.39. The molecule has 0 aliphatic carbocycles. The van der Waals surface area contributed by atoms with Crippen LogP contribution in [-0.2, 0) is 11.3 Å². The predicted molar refractivity (Wildman–Crippen MR) is 59.3 cm³/mol. The maximum atomic E-state index is 11.3. The molecule has 6 heteroatoms. The summed E-state index contributed by atoms with van der Waals surface area (Å²) in [6, 6.07) is -0.431. The molecule has 1 fully saturated rings. The number of piperidine rings is 1. The zero-order chi connectivity index (χ0) is 12.4.